The summed E-state index contributed by atoms with van der Waals surface area (Å²) in [5, 5.41) is 14.4. The van der Waals surface area contributed by atoms with Crippen molar-refractivity contribution >= 4 is 23.2 Å². The quantitative estimate of drug-likeness (QED) is 0.854. The summed E-state index contributed by atoms with van der Waals surface area (Å²) >= 11 is 5.81. The van der Waals surface area contributed by atoms with Crippen molar-refractivity contribution in [3.05, 3.63) is 64.7 Å². The first kappa shape index (κ1) is 19.2. The number of nitrogens with zero attached hydrogens (tertiary/aromatic N) is 2. The number of halogens is 4. The molecule has 0 aliphatic carbocycles. The molecule has 1 amide bonds. The summed E-state index contributed by atoms with van der Waals surface area (Å²) in [5.41, 5.74) is -3.38. The molecule has 1 heterocycles. The average Bonchev–Trinajstić information content (AvgIpc) is 3.00. The van der Waals surface area contributed by atoms with E-state index < -0.39 is 24.2 Å². The van der Waals surface area contributed by atoms with Gasteiger partial charge in [-0.1, -0.05) is 29.8 Å². The average molecular weight is 399 g/mol. The minimum Gasteiger partial charge on any atom is -0.497 e. The molecule has 27 heavy (non-hydrogen) atoms. The van der Waals surface area contributed by atoms with Crippen molar-refractivity contribution < 1.29 is 27.8 Å². The van der Waals surface area contributed by atoms with Crippen LogP contribution in [0.25, 0.3) is 0 Å². The highest BCUT2D eigenvalue weighted by atomic mass is 35.5. The number of hydrogen-bond acceptors (Lipinski definition) is 4. The van der Waals surface area contributed by atoms with E-state index in [1.165, 1.54) is 43.5 Å². The summed E-state index contributed by atoms with van der Waals surface area (Å²) in [6.45, 7) is 0. The van der Waals surface area contributed by atoms with Crippen molar-refractivity contribution in [3.63, 3.8) is 0 Å². The van der Waals surface area contributed by atoms with Crippen LogP contribution in [0, 0.1) is 0 Å². The number of rotatable bonds is 3. The summed E-state index contributed by atoms with van der Waals surface area (Å²) in [6.07, 6.45) is -6.03. The van der Waals surface area contributed by atoms with Crippen LogP contribution in [0.3, 0.4) is 0 Å². The Kier molecular flexibility index (Phi) is 4.88. The third kappa shape index (κ3) is 3.50. The molecule has 5 nitrogen and oxygen atoms in total. The molecule has 2 aromatic carbocycles. The van der Waals surface area contributed by atoms with Crippen LogP contribution in [0.1, 0.15) is 22.3 Å². The second-order valence-corrected chi connectivity index (χ2v) is 6.33. The lowest BCUT2D eigenvalue weighted by Gasteiger charge is -2.32. The number of hydrogen-bond donors (Lipinski definition) is 1. The van der Waals surface area contributed by atoms with Gasteiger partial charge >= 0.3 is 6.18 Å². The van der Waals surface area contributed by atoms with E-state index in [1.807, 2.05) is 0 Å². The molecule has 1 aliphatic heterocycles. The fourth-order valence-corrected chi connectivity index (χ4v) is 2.88. The lowest BCUT2D eigenvalue weighted by atomic mass is 10.0. The first-order chi connectivity index (χ1) is 12.7. The molecule has 1 unspecified atom stereocenters. The van der Waals surface area contributed by atoms with Crippen LogP contribution in [-0.4, -0.2) is 40.7 Å². The highest BCUT2D eigenvalue weighted by Gasteiger charge is 2.63. The molecule has 142 valence electrons. The minimum atomic E-state index is -5.12. The van der Waals surface area contributed by atoms with E-state index in [0.29, 0.717) is 11.3 Å². The first-order valence-electron chi connectivity index (χ1n) is 7.77. The predicted molar refractivity (Wildman–Crippen MR) is 92.8 cm³/mol. The van der Waals surface area contributed by atoms with E-state index in [2.05, 4.69) is 5.10 Å². The summed E-state index contributed by atoms with van der Waals surface area (Å²) in [4.78, 5) is 12.6. The Morgan fingerprint density at radius 3 is 2.59 bits per heavy atom. The Bertz CT molecular complexity index is 917. The normalized spacial score (nSPS) is 19.8. The van der Waals surface area contributed by atoms with Gasteiger partial charge in [0.05, 0.1) is 19.2 Å². The van der Waals surface area contributed by atoms with Crippen LogP contribution in [0.15, 0.2) is 53.6 Å². The maximum absolute atomic E-state index is 13.6. The van der Waals surface area contributed by atoms with Gasteiger partial charge in [-0.2, -0.15) is 23.3 Å². The summed E-state index contributed by atoms with van der Waals surface area (Å²) < 4.78 is 45.9. The molecule has 0 saturated heterocycles. The SMILES string of the molecule is COc1cccc(C2=NN(C(=O)c3cccc(Cl)c3)C(O)(C(F)(F)F)C2)c1. The Balaban J connectivity index is 2.06. The maximum Gasteiger partial charge on any atom is 0.438 e. The molecule has 0 aromatic heterocycles. The molecule has 3 rings (SSSR count). The van der Waals surface area contributed by atoms with Gasteiger partial charge in [0.1, 0.15) is 5.75 Å². The van der Waals surface area contributed by atoms with E-state index in [1.54, 1.807) is 12.1 Å². The van der Waals surface area contributed by atoms with Crippen LogP contribution in [-0.2, 0) is 0 Å². The monoisotopic (exact) mass is 398 g/mol. The zero-order chi connectivity index (χ0) is 19.8. The highest BCUT2D eigenvalue weighted by molar-refractivity contribution is 6.31. The smallest absolute Gasteiger partial charge is 0.438 e. The van der Waals surface area contributed by atoms with Crippen molar-refractivity contribution in [3.8, 4) is 5.75 Å². The summed E-state index contributed by atoms with van der Waals surface area (Å²) in [5.74, 6) is -0.708. The highest BCUT2D eigenvalue weighted by Crippen LogP contribution is 2.42. The molecule has 9 heteroatoms. The van der Waals surface area contributed by atoms with Gasteiger partial charge in [-0.15, -0.1) is 0 Å². The van der Waals surface area contributed by atoms with Crippen molar-refractivity contribution in [2.45, 2.75) is 18.3 Å². The molecule has 0 bridgehead atoms. The lowest BCUT2D eigenvalue weighted by Crippen LogP contribution is -2.56. The predicted octanol–water partition coefficient (Wildman–Crippen LogP) is 3.85. The molecule has 2 aromatic rings. The van der Waals surface area contributed by atoms with Crippen molar-refractivity contribution in [1.82, 2.24) is 5.01 Å². The van der Waals surface area contributed by atoms with Gasteiger partial charge in [0.2, 0.25) is 0 Å². The van der Waals surface area contributed by atoms with Crippen LogP contribution in [0.2, 0.25) is 5.02 Å². The molecule has 0 spiro atoms. The van der Waals surface area contributed by atoms with Crippen LogP contribution < -0.4 is 4.74 Å². The van der Waals surface area contributed by atoms with Crippen LogP contribution in [0.4, 0.5) is 13.2 Å². The van der Waals surface area contributed by atoms with E-state index in [9.17, 15) is 23.1 Å². The zero-order valence-electron chi connectivity index (χ0n) is 14.0. The molecule has 0 fully saturated rings. The third-order valence-corrected chi connectivity index (χ3v) is 4.34. The van der Waals surface area contributed by atoms with Gasteiger partial charge in [-0.25, -0.2) is 0 Å². The third-order valence-electron chi connectivity index (χ3n) is 4.11. The topological polar surface area (TPSA) is 62.1 Å². The van der Waals surface area contributed by atoms with E-state index in [-0.39, 0.29) is 21.3 Å². The van der Waals surface area contributed by atoms with Crippen molar-refractivity contribution in [2.75, 3.05) is 7.11 Å². The number of carbonyl (C=O) groups excluding carboxylic acids is 1. The number of benzene rings is 2. The number of aliphatic hydroxyl groups is 1. The number of ether oxygens (including phenoxy) is 1. The van der Waals surface area contributed by atoms with E-state index in [4.69, 9.17) is 16.3 Å². The molecule has 1 aliphatic rings. The minimum absolute atomic E-state index is 0.0630. The fourth-order valence-electron chi connectivity index (χ4n) is 2.69. The molecule has 1 N–H and O–H groups in total. The summed E-state index contributed by atoms with van der Waals surface area (Å²) in [6, 6.07) is 11.6. The largest absolute Gasteiger partial charge is 0.497 e. The lowest BCUT2D eigenvalue weighted by molar-refractivity contribution is -0.297. The Hall–Kier alpha value is -2.58. The molecule has 1 atom stereocenters. The Morgan fingerprint density at radius 2 is 1.96 bits per heavy atom. The first-order valence-corrected chi connectivity index (χ1v) is 8.14. The van der Waals surface area contributed by atoms with Crippen LogP contribution in [0.5, 0.6) is 5.75 Å². The zero-order valence-corrected chi connectivity index (χ0v) is 14.8. The Morgan fingerprint density at radius 1 is 1.26 bits per heavy atom. The van der Waals surface area contributed by atoms with E-state index >= 15 is 0 Å². The molecule has 0 saturated carbocycles. The van der Waals surface area contributed by atoms with Gasteiger partial charge in [-0.05, 0) is 30.3 Å². The van der Waals surface area contributed by atoms with Crippen molar-refractivity contribution in [2.24, 2.45) is 5.10 Å². The van der Waals surface area contributed by atoms with Gasteiger partial charge in [0.25, 0.3) is 11.6 Å². The van der Waals surface area contributed by atoms with Gasteiger partial charge in [0, 0.05) is 16.1 Å². The molecular formula is C18H14ClF3N2O3. The number of methoxy groups -OCH3 is 1. The molecular weight excluding hydrogens is 385 g/mol. The summed E-state index contributed by atoms with van der Waals surface area (Å²) in [7, 11) is 1.41. The van der Waals surface area contributed by atoms with Crippen LogP contribution >= 0.6 is 11.6 Å². The fraction of sp³-hybridized carbons (Fsp3) is 0.222. The maximum atomic E-state index is 13.6. The number of alkyl halides is 3. The van der Waals surface area contributed by atoms with Crippen molar-refractivity contribution in [1.29, 1.82) is 0 Å². The molecule has 0 radical (unpaired) electrons. The number of amides is 1. The second kappa shape index (κ2) is 6.86. The van der Waals surface area contributed by atoms with Gasteiger partial charge in [-0.3, -0.25) is 4.79 Å². The standard InChI is InChI=1S/C18H14ClF3N2O3/c1-27-14-7-3-4-11(9-14)15-10-17(26,18(20,21)22)24(23-15)16(25)12-5-2-6-13(19)8-12/h2-9,26H,10H2,1H3. The van der Waals surface area contributed by atoms with Gasteiger partial charge in [0.15, 0.2) is 0 Å². The van der Waals surface area contributed by atoms with E-state index in [0.717, 1.165) is 0 Å². The number of hydrazone groups is 1. The Labute approximate surface area is 157 Å². The second-order valence-electron chi connectivity index (χ2n) is 5.90. The van der Waals surface area contributed by atoms with Gasteiger partial charge < -0.3 is 9.84 Å². The number of carbonyl (C=O) groups is 1.